The molecule has 0 spiro atoms. The van der Waals surface area contributed by atoms with Gasteiger partial charge in [0.05, 0.1) is 12.3 Å². The van der Waals surface area contributed by atoms with Gasteiger partial charge in [0.2, 0.25) is 5.91 Å². The number of hydrogen-bond acceptors (Lipinski definition) is 7. The zero-order valence-electron chi connectivity index (χ0n) is 22.6. The number of carbonyl (C=O) groups is 3. The van der Waals surface area contributed by atoms with Crippen LogP contribution in [0.25, 0.3) is 0 Å². The van der Waals surface area contributed by atoms with E-state index in [4.69, 9.17) is 16.2 Å². The molecule has 1 atom stereocenters. The number of benzene rings is 2. The Balaban J connectivity index is 2.23. The molecule has 10 heteroatoms. The number of rotatable bonds is 9. The van der Waals surface area contributed by atoms with Crippen molar-refractivity contribution < 1.29 is 19.1 Å². The molecular weight excluding hydrogens is 502 g/mol. The SMILES string of the molecule is CCOc1ccc([C@H](C(=O)NC(C)(C)C)N(C(=O)c2snc(C(N)=O)c2N)c2ccc(C(C)C)cc2)cc1. The fourth-order valence-corrected chi connectivity index (χ4v) is 4.65. The monoisotopic (exact) mass is 537 g/mol. The van der Waals surface area contributed by atoms with Crippen LogP contribution in [0.4, 0.5) is 11.4 Å². The second kappa shape index (κ2) is 11.6. The maximum atomic E-state index is 14.1. The van der Waals surface area contributed by atoms with Gasteiger partial charge in [-0.2, -0.15) is 4.37 Å². The van der Waals surface area contributed by atoms with Gasteiger partial charge in [0, 0.05) is 11.2 Å². The lowest BCUT2D eigenvalue weighted by Gasteiger charge is -2.33. The fraction of sp³-hybridized carbons (Fsp3) is 0.357. The second-order valence-corrected chi connectivity index (χ2v) is 11.0. The molecule has 0 unspecified atom stereocenters. The van der Waals surface area contributed by atoms with Gasteiger partial charge in [-0.25, -0.2) is 0 Å². The Morgan fingerprint density at radius 2 is 1.61 bits per heavy atom. The molecule has 0 fully saturated rings. The van der Waals surface area contributed by atoms with Gasteiger partial charge in [0.25, 0.3) is 11.8 Å². The first-order valence-electron chi connectivity index (χ1n) is 12.4. The number of amides is 3. The number of anilines is 2. The van der Waals surface area contributed by atoms with Crippen LogP contribution in [-0.4, -0.2) is 34.2 Å². The zero-order chi connectivity index (χ0) is 28.2. The highest BCUT2D eigenvalue weighted by molar-refractivity contribution is 7.09. The average Bonchev–Trinajstić information content (AvgIpc) is 3.23. The standard InChI is InChI=1S/C28H35N5O4S/c1-7-37-20-14-10-18(11-15-20)23(26(35)31-28(4,5)6)33(19-12-8-17(9-13-19)16(2)3)27(36)24-21(29)22(25(30)34)32-38-24/h8-16,23H,7,29H2,1-6H3,(H2,30,34)(H,31,35)/t23-/m1/s1. The van der Waals surface area contributed by atoms with E-state index in [-0.39, 0.29) is 28.1 Å². The van der Waals surface area contributed by atoms with Crippen LogP contribution in [0.5, 0.6) is 5.75 Å². The molecule has 0 saturated heterocycles. The highest BCUT2D eigenvalue weighted by Crippen LogP contribution is 2.34. The Morgan fingerprint density at radius 3 is 2.08 bits per heavy atom. The van der Waals surface area contributed by atoms with Crippen molar-refractivity contribution in [2.24, 2.45) is 5.73 Å². The van der Waals surface area contributed by atoms with Crippen LogP contribution in [0.3, 0.4) is 0 Å². The van der Waals surface area contributed by atoms with Crippen LogP contribution < -0.4 is 26.4 Å². The molecule has 1 heterocycles. The molecule has 0 saturated carbocycles. The number of nitrogen functional groups attached to an aromatic ring is 1. The summed E-state index contributed by atoms with van der Waals surface area (Å²) in [4.78, 5) is 41.2. The number of ether oxygens (including phenoxy) is 1. The molecule has 0 bridgehead atoms. The first-order valence-corrected chi connectivity index (χ1v) is 13.1. The molecule has 38 heavy (non-hydrogen) atoms. The summed E-state index contributed by atoms with van der Waals surface area (Å²) in [5.41, 5.74) is 12.8. The predicted molar refractivity (Wildman–Crippen MR) is 151 cm³/mol. The van der Waals surface area contributed by atoms with E-state index >= 15 is 0 Å². The average molecular weight is 538 g/mol. The van der Waals surface area contributed by atoms with E-state index < -0.39 is 23.4 Å². The first kappa shape index (κ1) is 28.6. The molecule has 5 N–H and O–H groups in total. The molecule has 202 valence electrons. The molecule has 3 aromatic rings. The Bertz CT molecular complexity index is 1290. The highest BCUT2D eigenvalue weighted by atomic mass is 32.1. The minimum atomic E-state index is -1.07. The molecule has 0 radical (unpaired) electrons. The third-order valence-corrected chi connectivity index (χ3v) is 6.57. The summed E-state index contributed by atoms with van der Waals surface area (Å²) in [5.74, 6) is -0.883. The van der Waals surface area contributed by atoms with Gasteiger partial charge in [-0.1, -0.05) is 38.1 Å². The number of aromatic nitrogens is 1. The van der Waals surface area contributed by atoms with Gasteiger partial charge in [-0.05, 0) is 80.5 Å². The van der Waals surface area contributed by atoms with Crippen LogP contribution in [0.2, 0.25) is 0 Å². The molecule has 3 rings (SSSR count). The van der Waals surface area contributed by atoms with Gasteiger partial charge in [0.15, 0.2) is 5.69 Å². The zero-order valence-corrected chi connectivity index (χ0v) is 23.4. The number of hydrogen-bond donors (Lipinski definition) is 3. The summed E-state index contributed by atoms with van der Waals surface area (Å²) in [6.45, 7) is 12.1. The Hall–Kier alpha value is -3.92. The highest BCUT2D eigenvalue weighted by Gasteiger charge is 2.37. The molecular formula is C28H35N5O4S. The topological polar surface area (TPSA) is 141 Å². The van der Waals surface area contributed by atoms with Crippen LogP contribution >= 0.6 is 11.5 Å². The van der Waals surface area contributed by atoms with Gasteiger partial charge >= 0.3 is 0 Å². The fourth-order valence-electron chi connectivity index (χ4n) is 3.91. The molecule has 0 aliphatic heterocycles. The van der Waals surface area contributed by atoms with Crippen molar-refractivity contribution in [2.45, 2.75) is 59.0 Å². The second-order valence-electron chi connectivity index (χ2n) is 10.2. The van der Waals surface area contributed by atoms with Crippen molar-refractivity contribution in [3.63, 3.8) is 0 Å². The van der Waals surface area contributed by atoms with Gasteiger partial charge in [-0.15, -0.1) is 0 Å². The maximum Gasteiger partial charge on any atom is 0.273 e. The van der Waals surface area contributed by atoms with Crippen molar-refractivity contribution in [3.05, 3.63) is 70.2 Å². The smallest absolute Gasteiger partial charge is 0.273 e. The number of nitrogens with two attached hydrogens (primary N) is 2. The lowest BCUT2D eigenvalue weighted by atomic mass is 9.99. The first-order chi connectivity index (χ1) is 17.8. The molecule has 0 aliphatic carbocycles. The van der Waals surface area contributed by atoms with Crippen molar-refractivity contribution in [3.8, 4) is 5.75 Å². The van der Waals surface area contributed by atoms with Crippen molar-refractivity contribution in [1.82, 2.24) is 9.69 Å². The molecule has 1 aromatic heterocycles. The Kier molecular flexibility index (Phi) is 8.78. The molecule has 3 amide bonds. The van der Waals surface area contributed by atoms with E-state index in [0.29, 0.717) is 23.6 Å². The summed E-state index contributed by atoms with van der Waals surface area (Å²) in [6.07, 6.45) is 0. The maximum absolute atomic E-state index is 14.1. The molecule has 0 aliphatic rings. The van der Waals surface area contributed by atoms with E-state index in [1.54, 1.807) is 36.4 Å². The minimum Gasteiger partial charge on any atom is -0.494 e. The lowest BCUT2D eigenvalue weighted by Crippen LogP contribution is -2.49. The van der Waals surface area contributed by atoms with E-state index in [9.17, 15) is 14.4 Å². The third kappa shape index (κ3) is 6.49. The third-order valence-electron chi connectivity index (χ3n) is 5.72. The van der Waals surface area contributed by atoms with Crippen molar-refractivity contribution in [1.29, 1.82) is 0 Å². The number of primary amides is 1. The van der Waals surface area contributed by atoms with Crippen LogP contribution in [0.1, 0.15) is 84.8 Å². The predicted octanol–water partition coefficient (Wildman–Crippen LogP) is 4.65. The van der Waals surface area contributed by atoms with E-state index in [1.807, 2.05) is 39.8 Å². The summed E-state index contributed by atoms with van der Waals surface area (Å²) in [7, 11) is 0. The Morgan fingerprint density at radius 1 is 1.03 bits per heavy atom. The van der Waals surface area contributed by atoms with Crippen molar-refractivity contribution >= 4 is 40.6 Å². The van der Waals surface area contributed by atoms with Crippen LogP contribution in [0.15, 0.2) is 48.5 Å². The van der Waals surface area contributed by atoms with E-state index in [2.05, 4.69) is 23.5 Å². The molecule has 9 nitrogen and oxygen atoms in total. The molecule has 2 aromatic carbocycles. The number of nitrogens with zero attached hydrogens (tertiary/aromatic N) is 2. The van der Waals surface area contributed by atoms with E-state index in [0.717, 1.165) is 17.1 Å². The van der Waals surface area contributed by atoms with Crippen LogP contribution in [-0.2, 0) is 4.79 Å². The quantitative estimate of drug-likeness (QED) is 0.363. The summed E-state index contributed by atoms with van der Waals surface area (Å²) in [6, 6.07) is 13.4. The Labute approximate surface area is 227 Å². The summed E-state index contributed by atoms with van der Waals surface area (Å²) in [5, 5.41) is 3.00. The summed E-state index contributed by atoms with van der Waals surface area (Å²) < 4.78 is 9.57. The lowest BCUT2D eigenvalue weighted by molar-refractivity contribution is -0.123. The number of nitrogens with one attached hydrogen (secondary N) is 1. The minimum absolute atomic E-state index is 0.0197. The largest absolute Gasteiger partial charge is 0.494 e. The van der Waals surface area contributed by atoms with E-state index in [1.165, 1.54) is 4.90 Å². The summed E-state index contributed by atoms with van der Waals surface area (Å²) >= 11 is 0.771. The van der Waals surface area contributed by atoms with Crippen LogP contribution in [0, 0.1) is 0 Å². The van der Waals surface area contributed by atoms with Crippen molar-refractivity contribution in [2.75, 3.05) is 17.2 Å². The normalized spacial score (nSPS) is 12.2. The number of carbonyl (C=O) groups excluding carboxylic acids is 3. The van der Waals surface area contributed by atoms with Gasteiger partial charge in [-0.3, -0.25) is 19.3 Å². The van der Waals surface area contributed by atoms with Gasteiger partial charge < -0.3 is 21.5 Å². The van der Waals surface area contributed by atoms with Gasteiger partial charge in [0.1, 0.15) is 16.7 Å².